The standard InChI is InChI=1S/C24H26N6O2/c25-24(32)18-8-11-30(12-9-18)16-17-1-4-21(5-2-17)29-23(31)6-3-19-13-26-10-7-22(19)20-14-27-28-15-20/h1-7,10,13-15,18H,8-9,11-12,16H2,(H2,25,32)(H,27,28)(H,29,31)/b6-3+. The summed E-state index contributed by atoms with van der Waals surface area (Å²) in [6.45, 7) is 2.55. The molecule has 1 aliphatic heterocycles. The van der Waals surface area contributed by atoms with Gasteiger partial charge in [0.2, 0.25) is 11.8 Å². The third kappa shape index (κ3) is 5.47. The Morgan fingerprint density at radius 3 is 2.62 bits per heavy atom. The number of piperidine rings is 1. The summed E-state index contributed by atoms with van der Waals surface area (Å²) in [5.74, 6) is -0.410. The number of aromatic nitrogens is 3. The van der Waals surface area contributed by atoms with Gasteiger partial charge in [-0.2, -0.15) is 5.10 Å². The van der Waals surface area contributed by atoms with Gasteiger partial charge in [-0.3, -0.25) is 24.6 Å². The molecule has 2 amide bonds. The van der Waals surface area contributed by atoms with Gasteiger partial charge in [-0.15, -0.1) is 0 Å². The quantitative estimate of drug-likeness (QED) is 0.498. The van der Waals surface area contributed by atoms with Gasteiger partial charge in [0.05, 0.1) is 6.20 Å². The van der Waals surface area contributed by atoms with Crippen LogP contribution in [0.3, 0.4) is 0 Å². The highest BCUT2D eigenvalue weighted by molar-refractivity contribution is 6.02. The molecular weight excluding hydrogens is 404 g/mol. The largest absolute Gasteiger partial charge is 0.369 e. The first-order valence-corrected chi connectivity index (χ1v) is 10.6. The first-order chi connectivity index (χ1) is 15.6. The summed E-state index contributed by atoms with van der Waals surface area (Å²) in [6.07, 6.45) is 11.8. The van der Waals surface area contributed by atoms with Crippen LogP contribution in [0.4, 0.5) is 5.69 Å². The number of pyridine rings is 1. The highest BCUT2D eigenvalue weighted by atomic mass is 16.1. The highest BCUT2D eigenvalue weighted by Crippen LogP contribution is 2.23. The number of carbonyl (C=O) groups excluding carboxylic acids is 2. The maximum atomic E-state index is 12.4. The van der Waals surface area contributed by atoms with Gasteiger partial charge in [-0.05, 0) is 61.3 Å². The van der Waals surface area contributed by atoms with Crippen LogP contribution in [0.1, 0.15) is 24.0 Å². The van der Waals surface area contributed by atoms with Gasteiger partial charge < -0.3 is 11.1 Å². The second-order valence-corrected chi connectivity index (χ2v) is 7.92. The molecule has 0 spiro atoms. The first kappa shape index (κ1) is 21.5. The molecule has 1 aromatic carbocycles. The number of amides is 2. The number of rotatable bonds is 7. The summed E-state index contributed by atoms with van der Waals surface area (Å²) in [7, 11) is 0. The molecule has 0 bridgehead atoms. The fourth-order valence-electron chi connectivity index (χ4n) is 3.88. The molecule has 4 N–H and O–H groups in total. The molecule has 1 fully saturated rings. The molecule has 0 aliphatic carbocycles. The number of nitrogens with zero attached hydrogens (tertiary/aromatic N) is 3. The topological polar surface area (TPSA) is 117 Å². The molecule has 0 atom stereocenters. The molecule has 32 heavy (non-hydrogen) atoms. The zero-order chi connectivity index (χ0) is 22.3. The Morgan fingerprint density at radius 2 is 1.94 bits per heavy atom. The van der Waals surface area contributed by atoms with Gasteiger partial charge in [0, 0.05) is 53.9 Å². The fraction of sp³-hybridized carbons (Fsp3) is 0.250. The number of carbonyl (C=O) groups is 2. The van der Waals surface area contributed by atoms with Crippen molar-refractivity contribution in [3.63, 3.8) is 0 Å². The van der Waals surface area contributed by atoms with Gasteiger partial charge in [0.25, 0.3) is 0 Å². The summed E-state index contributed by atoms with van der Waals surface area (Å²) in [6, 6.07) is 9.71. The van der Waals surface area contributed by atoms with E-state index in [4.69, 9.17) is 5.73 Å². The van der Waals surface area contributed by atoms with Crippen LogP contribution in [-0.4, -0.2) is 45.0 Å². The van der Waals surface area contributed by atoms with Crippen LogP contribution >= 0.6 is 0 Å². The van der Waals surface area contributed by atoms with Crippen molar-refractivity contribution in [2.24, 2.45) is 11.7 Å². The second-order valence-electron chi connectivity index (χ2n) is 7.92. The van der Waals surface area contributed by atoms with Gasteiger partial charge in [-0.1, -0.05) is 12.1 Å². The van der Waals surface area contributed by atoms with Crippen molar-refractivity contribution >= 4 is 23.6 Å². The van der Waals surface area contributed by atoms with E-state index in [0.717, 1.165) is 60.4 Å². The Hall–Kier alpha value is -3.78. The Balaban J connectivity index is 1.31. The molecule has 0 radical (unpaired) electrons. The van der Waals surface area contributed by atoms with Crippen molar-refractivity contribution in [3.05, 3.63) is 72.3 Å². The molecular formula is C24H26N6O2. The van der Waals surface area contributed by atoms with Crippen LogP contribution in [0, 0.1) is 5.92 Å². The second kappa shape index (κ2) is 10.0. The summed E-state index contributed by atoms with van der Waals surface area (Å²) >= 11 is 0. The summed E-state index contributed by atoms with van der Waals surface area (Å²) in [5.41, 5.74) is 10.0. The zero-order valence-corrected chi connectivity index (χ0v) is 17.7. The van der Waals surface area contributed by atoms with E-state index in [1.54, 1.807) is 30.9 Å². The number of aromatic amines is 1. The van der Waals surface area contributed by atoms with E-state index in [1.165, 1.54) is 6.08 Å². The normalized spacial score (nSPS) is 15.1. The van der Waals surface area contributed by atoms with Crippen LogP contribution in [0.2, 0.25) is 0 Å². The number of nitrogens with one attached hydrogen (secondary N) is 2. The van der Waals surface area contributed by atoms with Crippen LogP contribution < -0.4 is 11.1 Å². The van der Waals surface area contributed by atoms with E-state index in [1.807, 2.05) is 30.3 Å². The summed E-state index contributed by atoms with van der Waals surface area (Å²) in [5, 5.41) is 9.65. The molecule has 164 valence electrons. The molecule has 0 unspecified atom stereocenters. The number of nitrogens with two attached hydrogens (primary N) is 1. The number of hydrogen-bond donors (Lipinski definition) is 3. The van der Waals surface area contributed by atoms with Crippen LogP contribution in [-0.2, 0) is 16.1 Å². The summed E-state index contributed by atoms with van der Waals surface area (Å²) < 4.78 is 0. The number of benzene rings is 1. The lowest BCUT2D eigenvalue weighted by Crippen LogP contribution is -2.38. The maximum absolute atomic E-state index is 12.4. The minimum absolute atomic E-state index is 0.000623. The lowest BCUT2D eigenvalue weighted by molar-refractivity contribution is -0.123. The molecule has 3 heterocycles. The van der Waals surface area contributed by atoms with E-state index in [9.17, 15) is 9.59 Å². The molecule has 0 saturated carbocycles. The predicted octanol–water partition coefficient (Wildman–Crippen LogP) is 2.82. The number of likely N-dealkylation sites (tertiary alicyclic amines) is 1. The zero-order valence-electron chi connectivity index (χ0n) is 17.7. The molecule has 4 rings (SSSR count). The van der Waals surface area contributed by atoms with Crippen molar-refractivity contribution in [2.75, 3.05) is 18.4 Å². The van der Waals surface area contributed by atoms with Gasteiger partial charge in [0.1, 0.15) is 0 Å². The number of anilines is 1. The average Bonchev–Trinajstić information content (AvgIpc) is 3.34. The van der Waals surface area contributed by atoms with Crippen LogP contribution in [0.5, 0.6) is 0 Å². The third-order valence-corrected chi connectivity index (χ3v) is 5.69. The number of primary amides is 1. The van der Waals surface area contributed by atoms with Gasteiger partial charge in [-0.25, -0.2) is 0 Å². The van der Waals surface area contributed by atoms with E-state index >= 15 is 0 Å². The van der Waals surface area contributed by atoms with Crippen LogP contribution in [0.15, 0.2) is 61.2 Å². The minimum atomic E-state index is -0.215. The van der Waals surface area contributed by atoms with Crippen molar-refractivity contribution in [1.29, 1.82) is 0 Å². The highest BCUT2D eigenvalue weighted by Gasteiger charge is 2.22. The SMILES string of the molecule is NC(=O)C1CCN(Cc2ccc(NC(=O)/C=C/c3cnccc3-c3cn[nH]c3)cc2)CC1. The molecule has 8 nitrogen and oxygen atoms in total. The van der Waals surface area contributed by atoms with Crippen molar-refractivity contribution in [3.8, 4) is 11.1 Å². The van der Waals surface area contributed by atoms with Crippen LogP contribution in [0.25, 0.3) is 17.2 Å². The first-order valence-electron chi connectivity index (χ1n) is 10.6. The lowest BCUT2D eigenvalue weighted by atomic mass is 9.96. The molecule has 1 aliphatic rings. The van der Waals surface area contributed by atoms with E-state index in [-0.39, 0.29) is 17.7 Å². The fourth-order valence-corrected chi connectivity index (χ4v) is 3.88. The predicted molar refractivity (Wildman–Crippen MR) is 123 cm³/mol. The molecule has 3 aromatic rings. The Bertz CT molecular complexity index is 1080. The maximum Gasteiger partial charge on any atom is 0.248 e. The van der Waals surface area contributed by atoms with Crippen molar-refractivity contribution in [1.82, 2.24) is 20.1 Å². The third-order valence-electron chi connectivity index (χ3n) is 5.69. The monoisotopic (exact) mass is 430 g/mol. The Labute approximate surface area is 186 Å². The van der Waals surface area contributed by atoms with E-state index in [2.05, 4.69) is 25.4 Å². The van der Waals surface area contributed by atoms with Gasteiger partial charge in [0.15, 0.2) is 0 Å². The minimum Gasteiger partial charge on any atom is -0.369 e. The Morgan fingerprint density at radius 1 is 1.16 bits per heavy atom. The molecule has 8 heteroatoms. The van der Waals surface area contributed by atoms with Gasteiger partial charge >= 0.3 is 0 Å². The van der Waals surface area contributed by atoms with E-state index < -0.39 is 0 Å². The van der Waals surface area contributed by atoms with Crippen molar-refractivity contribution in [2.45, 2.75) is 19.4 Å². The lowest BCUT2D eigenvalue weighted by Gasteiger charge is -2.30. The average molecular weight is 431 g/mol. The van der Waals surface area contributed by atoms with E-state index in [0.29, 0.717) is 0 Å². The number of hydrogen-bond acceptors (Lipinski definition) is 5. The van der Waals surface area contributed by atoms with Crippen molar-refractivity contribution < 1.29 is 9.59 Å². The summed E-state index contributed by atoms with van der Waals surface area (Å²) in [4.78, 5) is 30.2. The number of H-pyrrole nitrogens is 1. The Kier molecular flexibility index (Phi) is 6.72. The molecule has 1 saturated heterocycles. The molecule has 2 aromatic heterocycles. The smallest absolute Gasteiger partial charge is 0.248 e.